The number of nitrogen functional groups attached to an aromatic ring is 1. The van der Waals surface area contributed by atoms with Crippen LogP contribution in [0.5, 0.6) is 0 Å². The van der Waals surface area contributed by atoms with Gasteiger partial charge in [-0.05, 0) is 27.2 Å². The monoisotopic (exact) mass is 621 g/mol. The molecular weight excluding hydrogens is 590 g/mol. The molecule has 1 fully saturated rings. The van der Waals surface area contributed by atoms with Crippen molar-refractivity contribution in [1.82, 2.24) is 15.2 Å². The predicted octanol–water partition coefficient (Wildman–Crippen LogP) is 0.955. The highest BCUT2D eigenvalue weighted by atomic mass is 35.5. The summed E-state index contributed by atoms with van der Waals surface area (Å²) in [7, 11) is 0. The number of amides is 3. The molecule has 3 amide bonds. The molecular formula is C23H32ClN5O9S2. The highest BCUT2D eigenvalue weighted by Crippen LogP contribution is 2.41. The predicted molar refractivity (Wildman–Crippen MR) is 150 cm³/mol. The Morgan fingerprint density at radius 3 is 2.45 bits per heavy atom. The Kier molecular flexibility index (Phi) is 12.4. The van der Waals surface area contributed by atoms with E-state index in [1.807, 2.05) is 6.92 Å². The summed E-state index contributed by atoms with van der Waals surface area (Å²) in [6.45, 7) is 5.74. The molecule has 0 spiro atoms. The van der Waals surface area contributed by atoms with Gasteiger partial charge in [-0.2, -0.15) is 0 Å². The van der Waals surface area contributed by atoms with E-state index < -0.39 is 53.5 Å². The van der Waals surface area contributed by atoms with Crippen LogP contribution in [0.25, 0.3) is 5.57 Å². The van der Waals surface area contributed by atoms with Gasteiger partial charge in [0, 0.05) is 16.7 Å². The molecule has 14 nitrogen and oxygen atoms in total. The van der Waals surface area contributed by atoms with Crippen LogP contribution in [0.1, 0.15) is 39.8 Å². The minimum atomic E-state index is -1.06. The van der Waals surface area contributed by atoms with E-state index in [4.69, 9.17) is 25.7 Å². The maximum atomic E-state index is 13.1. The molecule has 2 aliphatic rings. The van der Waals surface area contributed by atoms with Crippen molar-refractivity contribution in [2.75, 3.05) is 24.9 Å². The van der Waals surface area contributed by atoms with E-state index in [0.29, 0.717) is 17.2 Å². The molecule has 2 atom stereocenters. The average molecular weight is 622 g/mol. The normalized spacial score (nSPS) is 18.4. The summed E-state index contributed by atoms with van der Waals surface area (Å²) < 4.78 is 14.9. The first-order chi connectivity index (χ1) is 17.8. The molecule has 0 unspecified atom stereocenters. The number of fused-ring (bicyclic) bond motifs is 1. The van der Waals surface area contributed by atoms with Gasteiger partial charge in [-0.1, -0.05) is 13.0 Å². The zero-order valence-corrected chi connectivity index (χ0v) is 24.6. The molecule has 0 saturated carbocycles. The zero-order valence-electron chi connectivity index (χ0n) is 22.2. The van der Waals surface area contributed by atoms with Gasteiger partial charge in [0.1, 0.15) is 23.7 Å². The number of anilines is 1. The number of rotatable bonds is 9. The molecule has 0 aliphatic carbocycles. The van der Waals surface area contributed by atoms with Crippen LogP contribution in [-0.4, -0.2) is 75.8 Å². The number of nitrogens with two attached hydrogens (primary N) is 2. The number of hydrogen-bond acceptors (Lipinski definition) is 12. The summed E-state index contributed by atoms with van der Waals surface area (Å²) in [5.41, 5.74) is 10.7. The van der Waals surface area contributed by atoms with E-state index in [1.165, 1.54) is 23.1 Å². The molecule has 0 bridgehead atoms. The molecule has 0 radical (unpaired) electrons. The Morgan fingerprint density at radius 1 is 1.23 bits per heavy atom. The molecule has 7 N–H and O–H groups in total. The van der Waals surface area contributed by atoms with Crippen molar-refractivity contribution >= 4 is 76.1 Å². The maximum absolute atomic E-state index is 13.1. The van der Waals surface area contributed by atoms with Crippen LogP contribution in [-0.2, 0) is 33.4 Å². The van der Waals surface area contributed by atoms with Gasteiger partial charge in [-0.25, -0.2) is 14.6 Å². The molecule has 17 heteroatoms. The largest absolute Gasteiger partial charge is 0.445 e. The summed E-state index contributed by atoms with van der Waals surface area (Å²) >= 11 is 2.45. The smallest absolute Gasteiger partial charge is 0.404 e. The summed E-state index contributed by atoms with van der Waals surface area (Å²) in [5, 5.41) is 4.03. The number of ether oxygens (including phenoxy) is 3. The molecule has 1 aromatic heterocycles. The number of β-lactam (4-membered cyclic amide) rings is 1. The SMILES string of the molecule is CC/C=C(\C(=O)N[C@@H]1C(=O)N2C(C(=O)OCOC(=O)C(C)(C)C)=C(COC(N)=O)CS[C@@H]12)c1csc(N)n1.Cl.O. The second-order valence-corrected chi connectivity index (χ2v) is 11.2. The van der Waals surface area contributed by atoms with Gasteiger partial charge in [0.2, 0.25) is 6.79 Å². The number of thiazole rings is 1. The molecule has 0 aromatic carbocycles. The lowest BCUT2D eigenvalue weighted by atomic mass is 9.98. The quantitative estimate of drug-likeness (QED) is 0.152. The zero-order chi connectivity index (χ0) is 28.2. The van der Waals surface area contributed by atoms with Crippen molar-refractivity contribution in [2.24, 2.45) is 11.1 Å². The van der Waals surface area contributed by atoms with E-state index in [0.717, 1.165) is 4.90 Å². The first-order valence-electron chi connectivity index (χ1n) is 11.5. The number of allylic oxidation sites excluding steroid dienone is 1. The third-order valence-electron chi connectivity index (χ3n) is 5.36. The number of thioether (sulfide) groups is 1. The topological polar surface area (TPSA) is 225 Å². The van der Waals surface area contributed by atoms with Gasteiger partial charge >= 0.3 is 18.0 Å². The lowest BCUT2D eigenvalue weighted by Crippen LogP contribution is -2.70. The maximum Gasteiger partial charge on any atom is 0.404 e. The average Bonchev–Trinajstić information content (AvgIpc) is 3.28. The van der Waals surface area contributed by atoms with Gasteiger partial charge < -0.3 is 36.5 Å². The standard InChI is InChI=1S/C23H29N5O8S2.ClH.H2O/c1-5-6-12(13-9-38-21(24)26-13)16(29)27-14-17(30)28-15(11(7-34-22(25)33)8-37-18(14)28)19(31)35-10-36-20(32)23(2,3)4;;/h6,9,14,18H,5,7-8,10H2,1-4H3,(H2,24,26)(H2,25,33)(H,27,29);1H;1H2/b12-6-;;/t14-,18+;;/m1../s1. The summed E-state index contributed by atoms with van der Waals surface area (Å²) in [6, 6.07) is -0.941. The van der Waals surface area contributed by atoms with Gasteiger partial charge in [0.15, 0.2) is 5.13 Å². The van der Waals surface area contributed by atoms with E-state index >= 15 is 0 Å². The van der Waals surface area contributed by atoms with E-state index in [9.17, 15) is 24.0 Å². The van der Waals surface area contributed by atoms with Gasteiger partial charge in [0.25, 0.3) is 11.8 Å². The van der Waals surface area contributed by atoms with Crippen LogP contribution in [0.3, 0.4) is 0 Å². The van der Waals surface area contributed by atoms with E-state index in [-0.39, 0.29) is 47.1 Å². The summed E-state index contributed by atoms with van der Waals surface area (Å²) in [4.78, 5) is 67.6. The van der Waals surface area contributed by atoms with Crippen molar-refractivity contribution in [1.29, 1.82) is 0 Å². The van der Waals surface area contributed by atoms with Crippen LogP contribution < -0.4 is 16.8 Å². The Bertz CT molecular complexity index is 1210. The Morgan fingerprint density at radius 2 is 1.90 bits per heavy atom. The van der Waals surface area contributed by atoms with Crippen LogP contribution in [0.15, 0.2) is 22.7 Å². The number of carbonyl (C=O) groups excluding carboxylic acids is 5. The number of carbonyl (C=O) groups is 5. The molecule has 3 heterocycles. The molecule has 40 heavy (non-hydrogen) atoms. The number of aromatic nitrogens is 1. The fourth-order valence-electron chi connectivity index (χ4n) is 3.51. The van der Waals surface area contributed by atoms with Gasteiger partial charge in [0.05, 0.1) is 16.7 Å². The number of hydrogen-bond donors (Lipinski definition) is 3. The Balaban J connectivity index is 0.00000400. The highest BCUT2D eigenvalue weighted by molar-refractivity contribution is 8.00. The fraction of sp³-hybridized carbons (Fsp3) is 0.478. The molecule has 1 aromatic rings. The fourth-order valence-corrected chi connectivity index (χ4v) is 5.40. The number of nitrogens with zero attached hydrogens (tertiary/aromatic N) is 2. The first-order valence-corrected chi connectivity index (χ1v) is 13.4. The summed E-state index contributed by atoms with van der Waals surface area (Å²) in [5.74, 6) is -2.45. The second-order valence-electron chi connectivity index (χ2n) is 9.25. The minimum absolute atomic E-state index is 0. The number of halogens is 1. The van der Waals surface area contributed by atoms with Crippen molar-refractivity contribution in [3.63, 3.8) is 0 Å². The van der Waals surface area contributed by atoms with Crippen molar-refractivity contribution < 1.29 is 43.7 Å². The molecule has 2 aliphatic heterocycles. The van der Waals surface area contributed by atoms with Gasteiger partial charge in [-0.15, -0.1) is 35.5 Å². The van der Waals surface area contributed by atoms with Crippen LogP contribution in [0.2, 0.25) is 0 Å². The molecule has 1 saturated heterocycles. The van der Waals surface area contributed by atoms with Gasteiger partial charge in [-0.3, -0.25) is 19.3 Å². The number of primary amides is 1. The van der Waals surface area contributed by atoms with Crippen LogP contribution >= 0.6 is 35.5 Å². The molecule has 222 valence electrons. The Labute approximate surface area is 244 Å². The number of esters is 2. The highest BCUT2D eigenvalue weighted by Gasteiger charge is 2.54. The lowest BCUT2D eigenvalue weighted by molar-refractivity contribution is -0.173. The number of nitrogens with one attached hydrogen (secondary N) is 1. The van der Waals surface area contributed by atoms with Crippen LogP contribution in [0.4, 0.5) is 9.93 Å². The van der Waals surface area contributed by atoms with Crippen molar-refractivity contribution in [2.45, 2.75) is 45.5 Å². The minimum Gasteiger partial charge on any atom is -0.445 e. The van der Waals surface area contributed by atoms with E-state index in [1.54, 1.807) is 32.2 Å². The summed E-state index contributed by atoms with van der Waals surface area (Å²) in [6.07, 6.45) is 1.17. The molecule has 3 rings (SSSR count). The Hall–Kier alpha value is -3.34. The van der Waals surface area contributed by atoms with Crippen molar-refractivity contribution in [3.8, 4) is 0 Å². The lowest BCUT2D eigenvalue weighted by Gasteiger charge is -2.49. The van der Waals surface area contributed by atoms with E-state index in [2.05, 4.69) is 10.3 Å². The van der Waals surface area contributed by atoms with Crippen molar-refractivity contribution in [3.05, 3.63) is 28.4 Å². The third-order valence-corrected chi connectivity index (χ3v) is 7.37. The van der Waals surface area contributed by atoms with Crippen LogP contribution in [0, 0.1) is 5.41 Å². The third kappa shape index (κ3) is 7.87. The first kappa shape index (κ1) is 34.7. The second kappa shape index (κ2) is 14.3.